The van der Waals surface area contributed by atoms with Crippen molar-refractivity contribution >= 4 is 11.9 Å². The second kappa shape index (κ2) is 6.62. The van der Waals surface area contributed by atoms with Crippen LogP contribution in [0, 0.1) is 11.8 Å². The van der Waals surface area contributed by atoms with E-state index in [1.807, 2.05) is 18.5 Å². The van der Waals surface area contributed by atoms with E-state index in [-0.39, 0.29) is 12.0 Å². The standard InChI is InChI=1S/C20H26N6O/c1-13-11-14(13)19(27)26-10-4-5-17(26)18-15(12-22-24-18)16-6-7-21-20(23-16)25-8-2-3-9-25/h6-7,12-14,17H,2-5,8-11H2,1H3,(H,22,24)/t13-,14-,17+/m1/s1. The van der Waals surface area contributed by atoms with Gasteiger partial charge in [0.25, 0.3) is 0 Å². The number of nitrogens with zero attached hydrogens (tertiary/aromatic N) is 5. The minimum absolute atomic E-state index is 0.0769. The van der Waals surface area contributed by atoms with Gasteiger partial charge in [-0.1, -0.05) is 6.92 Å². The van der Waals surface area contributed by atoms with Crippen molar-refractivity contribution in [2.45, 2.75) is 45.1 Å². The van der Waals surface area contributed by atoms with Crippen molar-refractivity contribution in [2.24, 2.45) is 11.8 Å². The molecule has 142 valence electrons. The number of carbonyl (C=O) groups excluding carboxylic acids is 1. The lowest BCUT2D eigenvalue weighted by molar-refractivity contribution is -0.133. The van der Waals surface area contributed by atoms with Crippen LogP contribution in [0.5, 0.6) is 0 Å². The Kier molecular flexibility index (Phi) is 4.10. The van der Waals surface area contributed by atoms with Gasteiger partial charge in [-0.2, -0.15) is 5.10 Å². The van der Waals surface area contributed by atoms with Crippen LogP contribution < -0.4 is 4.90 Å². The molecule has 3 fully saturated rings. The van der Waals surface area contributed by atoms with Crippen LogP contribution in [0.3, 0.4) is 0 Å². The van der Waals surface area contributed by atoms with E-state index in [2.05, 4.69) is 31.9 Å². The van der Waals surface area contributed by atoms with Crippen molar-refractivity contribution in [3.8, 4) is 11.3 Å². The number of amides is 1. The summed E-state index contributed by atoms with van der Waals surface area (Å²) in [5.41, 5.74) is 2.89. The summed E-state index contributed by atoms with van der Waals surface area (Å²) >= 11 is 0. The minimum Gasteiger partial charge on any atom is -0.341 e. The van der Waals surface area contributed by atoms with Crippen LogP contribution in [-0.4, -0.2) is 50.6 Å². The summed E-state index contributed by atoms with van der Waals surface area (Å²) in [6.45, 7) is 5.04. The molecule has 3 aliphatic rings. The number of likely N-dealkylation sites (tertiary alicyclic amines) is 1. The van der Waals surface area contributed by atoms with Gasteiger partial charge < -0.3 is 9.80 Å². The predicted molar refractivity (Wildman–Crippen MR) is 102 cm³/mol. The van der Waals surface area contributed by atoms with Gasteiger partial charge >= 0.3 is 0 Å². The van der Waals surface area contributed by atoms with Crippen molar-refractivity contribution < 1.29 is 4.79 Å². The first-order valence-corrected chi connectivity index (χ1v) is 10.1. The van der Waals surface area contributed by atoms with Gasteiger partial charge in [0.2, 0.25) is 11.9 Å². The fraction of sp³-hybridized carbons (Fsp3) is 0.600. The van der Waals surface area contributed by atoms with E-state index < -0.39 is 0 Å². The number of nitrogens with one attached hydrogen (secondary N) is 1. The number of rotatable bonds is 4. The van der Waals surface area contributed by atoms with Crippen molar-refractivity contribution in [3.63, 3.8) is 0 Å². The number of carbonyl (C=O) groups is 1. The molecular weight excluding hydrogens is 340 g/mol. The molecule has 1 aliphatic carbocycles. The number of aromatic nitrogens is 4. The van der Waals surface area contributed by atoms with Gasteiger partial charge in [0.15, 0.2) is 0 Å². The first-order chi connectivity index (χ1) is 13.2. The summed E-state index contributed by atoms with van der Waals surface area (Å²) in [6, 6.07) is 2.02. The molecule has 1 N–H and O–H groups in total. The van der Waals surface area contributed by atoms with Gasteiger partial charge in [-0.25, -0.2) is 9.97 Å². The second-order valence-electron chi connectivity index (χ2n) is 8.14. The van der Waals surface area contributed by atoms with Crippen LogP contribution in [0.25, 0.3) is 11.3 Å². The Hall–Kier alpha value is -2.44. The Bertz CT molecular complexity index is 843. The molecule has 1 saturated carbocycles. The highest BCUT2D eigenvalue weighted by Crippen LogP contribution is 2.44. The zero-order chi connectivity index (χ0) is 18.4. The summed E-state index contributed by atoms with van der Waals surface area (Å²) in [7, 11) is 0. The SMILES string of the molecule is C[C@@H]1C[C@H]1C(=O)N1CCC[C@H]1c1[nH]ncc1-c1ccnc(N2CCCC2)n1. The van der Waals surface area contributed by atoms with E-state index in [1.165, 1.54) is 12.8 Å². The lowest BCUT2D eigenvalue weighted by atomic mass is 10.0. The average Bonchev–Trinajstić information content (AvgIpc) is 3.21. The molecule has 2 aromatic heterocycles. The molecular formula is C20H26N6O. The Morgan fingerprint density at radius 2 is 2.04 bits per heavy atom. The maximum Gasteiger partial charge on any atom is 0.226 e. The van der Waals surface area contributed by atoms with Crippen LogP contribution >= 0.6 is 0 Å². The minimum atomic E-state index is 0.0769. The highest BCUT2D eigenvalue weighted by molar-refractivity contribution is 5.82. The first kappa shape index (κ1) is 16.7. The number of aromatic amines is 1. The molecule has 0 radical (unpaired) electrons. The van der Waals surface area contributed by atoms with E-state index in [0.717, 1.165) is 61.8 Å². The monoisotopic (exact) mass is 366 g/mol. The van der Waals surface area contributed by atoms with Crippen LogP contribution in [0.1, 0.15) is 50.8 Å². The third-order valence-corrected chi connectivity index (χ3v) is 6.27. The summed E-state index contributed by atoms with van der Waals surface area (Å²) in [4.78, 5) is 26.4. The molecule has 7 heteroatoms. The summed E-state index contributed by atoms with van der Waals surface area (Å²) in [5, 5.41) is 7.48. The summed E-state index contributed by atoms with van der Waals surface area (Å²) < 4.78 is 0. The van der Waals surface area contributed by atoms with Gasteiger partial charge in [-0.05, 0) is 44.1 Å². The van der Waals surface area contributed by atoms with Crippen LogP contribution in [-0.2, 0) is 4.79 Å². The third-order valence-electron chi connectivity index (χ3n) is 6.27. The largest absolute Gasteiger partial charge is 0.341 e. The second-order valence-corrected chi connectivity index (χ2v) is 8.14. The van der Waals surface area contributed by atoms with Gasteiger partial charge in [-0.3, -0.25) is 9.89 Å². The highest BCUT2D eigenvalue weighted by Gasteiger charge is 2.45. The fourth-order valence-corrected chi connectivity index (χ4v) is 4.53. The van der Waals surface area contributed by atoms with Crippen molar-refractivity contribution in [3.05, 3.63) is 24.2 Å². The van der Waals surface area contributed by atoms with Crippen molar-refractivity contribution in [2.75, 3.05) is 24.5 Å². The molecule has 0 unspecified atom stereocenters. The Labute approximate surface area is 159 Å². The smallest absolute Gasteiger partial charge is 0.226 e. The average molecular weight is 366 g/mol. The van der Waals surface area contributed by atoms with E-state index in [0.29, 0.717) is 11.8 Å². The zero-order valence-electron chi connectivity index (χ0n) is 15.8. The quantitative estimate of drug-likeness (QED) is 0.900. The highest BCUT2D eigenvalue weighted by atomic mass is 16.2. The molecule has 3 atom stereocenters. The summed E-state index contributed by atoms with van der Waals surface area (Å²) in [6.07, 6.45) is 9.11. The zero-order valence-corrected chi connectivity index (χ0v) is 15.8. The van der Waals surface area contributed by atoms with E-state index >= 15 is 0 Å². The van der Waals surface area contributed by atoms with E-state index in [9.17, 15) is 4.79 Å². The number of H-pyrrole nitrogens is 1. The number of anilines is 1. The molecule has 2 aromatic rings. The molecule has 0 spiro atoms. The summed E-state index contributed by atoms with van der Waals surface area (Å²) in [5.74, 6) is 1.86. The molecule has 0 bridgehead atoms. The molecule has 4 heterocycles. The van der Waals surface area contributed by atoms with Gasteiger partial charge in [0, 0.05) is 37.3 Å². The first-order valence-electron chi connectivity index (χ1n) is 10.1. The normalized spacial score (nSPS) is 27.4. The lowest BCUT2D eigenvalue weighted by Gasteiger charge is -2.25. The number of hydrogen-bond acceptors (Lipinski definition) is 5. The molecule has 1 amide bonds. The Morgan fingerprint density at radius 1 is 1.22 bits per heavy atom. The van der Waals surface area contributed by atoms with Crippen LogP contribution in [0.2, 0.25) is 0 Å². The van der Waals surface area contributed by atoms with Crippen LogP contribution in [0.4, 0.5) is 5.95 Å². The number of hydrogen-bond donors (Lipinski definition) is 1. The maximum absolute atomic E-state index is 12.9. The van der Waals surface area contributed by atoms with Crippen molar-refractivity contribution in [1.29, 1.82) is 0 Å². The van der Waals surface area contributed by atoms with Crippen molar-refractivity contribution in [1.82, 2.24) is 25.1 Å². The van der Waals surface area contributed by atoms with Gasteiger partial charge in [0.05, 0.1) is 23.6 Å². The Balaban J connectivity index is 1.44. The third kappa shape index (κ3) is 2.99. The molecule has 27 heavy (non-hydrogen) atoms. The Morgan fingerprint density at radius 3 is 2.81 bits per heavy atom. The maximum atomic E-state index is 12.9. The molecule has 2 aliphatic heterocycles. The van der Waals surface area contributed by atoms with Crippen LogP contribution in [0.15, 0.2) is 18.5 Å². The van der Waals surface area contributed by atoms with Gasteiger partial charge in [0.1, 0.15) is 0 Å². The van der Waals surface area contributed by atoms with E-state index in [4.69, 9.17) is 4.98 Å². The van der Waals surface area contributed by atoms with E-state index in [1.54, 1.807) is 0 Å². The van der Waals surface area contributed by atoms with Gasteiger partial charge in [-0.15, -0.1) is 0 Å². The molecule has 7 nitrogen and oxygen atoms in total. The fourth-order valence-electron chi connectivity index (χ4n) is 4.53. The predicted octanol–water partition coefficient (Wildman–Crippen LogP) is 2.79. The topological polar surface area (TPSA) is 78.0 Å². The molecule has 5 rings (SSSR count). The molecule has 0 aromatic carbocycles. The lowest BCUT2D eigenvalue weighted by Crippen LogP contribution is -2.32. The molecule has 2 saturated heterocycles.